The molecule has 102 valence electrons. The smallest absolute Gasteiger partial charge is 0.160 e. The summed E-state index contributed by atoms with van der Waals surface area (Å²) in [5, 5.41) is 9.47. The van der Waals surface area contributed by atoms with E-state index in [9.17, 15) is 5.26 Å². The van der Waals surface area contributed by atoms with Crippen LogP contribution in [0.15, 0.2) is 35.6 Å². The van der Waals surface area contributed by atoms with Gasteiger partial charge in [-0.3, -0.25) is 0 Å². The predicted octanol–water partition coefficient (Wildman–Crippen LogP) is 3.04. The molecule has 0 N–H and O–H groups in total. The minimum atomic E-state index is 0.401. The molecule has 0 amide bonds. The monoisotopic (exact) mass is 275 g/mol. The van der Waals surface area contributed by atoms with E-state index in [1.807, 2.05) is 25.1 Å². The van der Waals surface area contributed by atoms with E-state index >= 15 is 0 Å². The van der Waals surface area contributed by atoms with Crippen molar-refractivity contribution in [3.05, 3.63) is 41.7 Å². The highest BCUT2D eigenvalue weighted by Crippen LogP contribution is 2.44. The predicted molar refractivity (Wildman–Crippen MR) is 80.2 cm³/mol. The number of anilines is 2. The molecule has 1 fully saturated rings. The molecule has 1 aliphatic carbocycles. The van der Waals surface area contributed by atoms with Crippen LogP contribution in [-0.2, 0) is 0 Å². The van der Waals surface area contributed by atoms with E-state index in [4.69, 9.17) is 0 Å². The summed E-state index contributed by atoms with van der Waals surface area (Å²) in [5.41, 5.74) is 2.98. The Morgan fingerprint density at radius 3 is 2.76 bits per heavy atom. The lowest BCUT2D eigenvalue weighted by Crippen LogP contribution is -2.23. The summed E-state index contributed by atoms with van der Waals surface area (Å²) in [6, 6.07) is 8.27. The zero-order chi connectivity index (χ0) is 14.4. The molecule has 21 heavy (non-hydrogen) atoms. The highest BCUT2D eigenvalue weighted by Gasteiger charge is 2.37. The molecule has 0 unspecified atom stereocenters. The van der Waals surface area contributed by atoms with E-state index in [0.717, 1.165) is 41.3 Å². The number of aliphatic imine (C=N–C) groups is 1. The Balaban J connectivity index is 2.07. The van der Waals surface area contributed by atoms with Crippen molar-refractivity contribution >= 4 is 23.0 Å². The average Bonchev–Trinajstić information content (AvgIpc) is 3.32. The Morgan fingerprint density at radius 1 is 1.19 bits per heavy atom. The number of nitrogens with zero attached hydrogens (tertiary/aromatic N) is 5. The summed E-state index contributed by atoms with van der Waals surface area (Å²) in [6.07, 6.45) is 5.78. The van der Waals surface area contributed by atoms with Crippen molar-refractivity contribution in [1.82, 2.24) is 9.97 Å². The van der Waals surface area contributed by atoms with Gasteiger partial charge in [0, 0.05) is 18.4 Å². The van der Waals surface area contributed by atoms with Crippen molar-refractivity contribution in [2.24, 2.45) is 4.99 Å². The molecule has 4 rings (SSSR count). The number of rotatable bonds is 1. The molecule has 5 nitrogen and oxygen atoms in total. The van der Waals surface area contributed by atoms with Crippen LogP contribution in [0.2, 0.25) is 0 Å². The van der Waals surface area contributed by atoms with Gasteiger partial charge in [-0.15, -0.1) is 0 Å². The van der Waals surface area contributed by atoms with Crippen LogP contribution in [-0.4, -0.2) is 21.7 Å². The standard InChI is InChI=1S/C16H13N5/c1-10-6-8-19-16-14(10)20-13(9-17)12-3-2-7-18-15(12)21(16)11-4-5-11/h2-3,6-8,11H,4-5H2,1H3. The van der Waals surface area contributed by atoms with Gasteiger partial charge in [-0.2, -0.15) is 5.26 Å². The minimum absolute atomic E-state index is 0.401. The molecule has 3 heterocycles. The molecule has 5 heteroatoms. The number of fused-ring (bicyclic) bond motifs is 2. The van der Waals surface area contributed by atoms with Crippen LogP contribution in [0.4, 0.5) is 17.3 Å². The van der Waals surface area contributed by atoms with Gasteiger partial charge in [-0.1, -0.05) is 0 Å². The first kappa shape index (κ1) is 12.0. The SMILES string of the molecule is Cc1ccnc2c1N=C(C#N)c1cccnc1N2C1CC1. The second-order valence-electron chi connectivity index (χ2n) is 5.35. The average molecular weight is 275 g/mol. The lowest BCUT2D eigenvalue weighted by atomic mass is 10.1. The molecule has 2 aliphatic rings. The topological polar surface area (TPSA) is 65.2 Å². The van der Waals surface area contributed by atoms with Crippen molar-refractivity contribution in [3.63, 3.8) is 0 Å². The Kier molecular flexibility index (Phi) is 2.51. The third-order valence-electron chi connectivity index (χ3n) is 3.85. The molecule has 1 saturated carbocycles. The van der Waals surface area contributed by atoms with E-state index in [-0.39, 0.29) is 0 Å². The zero-order valence-electron chi connectivity index (χ0n) is 11.6. The highest BCUT2D eigenvalue weighted by atomic mass is 15.3. The van der Waals surface area contributed by atoms with Crippen molar-refractivity contribution in [2.75, 3.05) is 4.90 Å². The molecule has 0 spiro atoms. The zero-order valence-corrected chi connectivity index (χ0v) is 11.6. The molecule has 0 radical (unpaired) electrons. The summed E-state index contributed by atoms with van der Waals surface area (Å²) in [7, 11) is 0. The van der Waals surface area contributed by atoms with Crippen LogP contribution in [0.25, 0.3) is 0 Å². The molecule has 1 aliphatic heterocycles. The van der Waals surface area contributed by atoms with Gasteiger partial charge in [0.1, 0.15) is 17.6 Å². The van der Waals surface area contributed by atoms with Crippen LogP contribution in [0, 0.1) is 18.3 Å². The van der Waals surface area contributed by atoms with Gasteiger partial charge in [0.05, 0.1) is 5.56 Å². The second kappa shape index (κ2) is 4.38. The molecule has 0 saturated heterocycles. The third kappa shape index (κ3) is 1.80. The first-order valence-corrected chi connectivity index (χ1v) is 6.98. The normalized spacial score (nSPS) is 16.4. The van der Waals surface area contributed by atoms with Crippen LogP contribution < -0.4 is 4.90 Å². The number of aromatic nitrogens is 2. The van der Waals surface area contributed by atoms with E-state index in [0.29, 0.717) is 11.8 Å². The summed E-state index contributed by atoms with van der Waals surface area (Å²) in [6.45, 7) is 1.99. The third-order valence-corrected chi connectivity index (χ3v) is 3.85. The summed E-state index contributed by atoms with van der Waals surface area (Å²) in [4.78, 5) is 15.7. The van der Waals surface area contributed by atoms with E-state index < -0.39 is 0 Å². The molecular weight excluding hydrogens is 262 g/mol. The minimum Gasteiger partial charge on any atom is -0.306 e. The maximum absolute atomic E-state index is 9.47. The second-order valence-corrected chi connectivity index (χ2v) is 5.35. The maximum Gasteiger partial charge on any atom is 0.160 e. The fourth-order valence-corrected chi connectivity index (χ4v) is 2.66. The van der Waals surface area contributed by atoms with Gasteiger partial charge in [0.25, 0.3) is 0 Å². The number of hydrogen-bond acceptors (Lipinski definition) is 5. The molecular formula is C16H13N5. The Bertz CT molecular complexity index is 799. The first-order chi connectivity index (χ1) is 10.3. The van der Waals surface area contributed by atoms with Crippen LogP contribution in [0.1, 0.15) is 24.0 Å². The van der Waals surface area contributed by atoms with Crippen molar-refractivity contribution in [3.8, 4) is 6.07 Å². The van der Waals surface area contributed by atoms with E-state index in [1.54, 1.807) is 12.4 Å². The van der Waals surface area contributed by atoms with Gasteiger partial charge in [0.2, 0.25) is 0 Å². The van der Waals surface area contributed by atoms with E-state index in [2.05, 4.69) is 25.9 Å². The Labute approximate surface area is 122 Å². The van der Waals surface area contributed by atoms with Crippen molar-refractivity contribution in [1.29, 1.82) is 5.26 Å². The van der Waals surface area contributed by atoms with Gasteiger partial charge < -0.3 is 4.90 Å². The number of pyridine rings is 2. The lowest BCUT2D eigenvalue weighted by Gasteiger charge is -2.23. The van der Waals surface area contributed by atoms with Gasteiger partial charge in [0.15, 0.2) is 11.5 Å². The first-order valence-electron chi connectivity index (χ1n) is 6.98. The largest absolute Gasteiger partial charge is 0.306 e. The van der Waals surface area contributed by atoms with Crippen LogP contribution in [0.5, 0.6) is 0 Å². The number of aryl methyl sites for hydroxylation is 1. The fourth-order valence-electron chi connectivity index (χ4n) is 2.66. The fraction of sp³-hybridized carbons (Fsp3) is 0.250. The molecule has 0 aromatic carbocycles. The van der Waals surface area contributed by atoms with Crippen LogP contribution in [0.3, 0.4) is 0 Å². The molecule has 2 aromatic heterocycles. The Morgan fingerprint density at radius 2 is 2.00 bits per heavy atom. The highest BCUT2D eigenvalue weighted by molar-refractivity contribution is 6.17. The van der Waals surface area contributed by atoms with Gasteiger partial charge in [-0.05, 0) is 43.5 Å². The number of nitriles is 1. The number of hydrogen-bond donors (Lipinski definition) is 0. The molecule has 0 bridgehead atoms. The molecule has 0 atom stereocenters. The maximum atomic E-state index is 9.47. The summed E-state index contributed by atoms with van der Waals surface area (Å²) < 4.78 is 0. The van der Waals surface area contributed by atoms with E-state index in [1.165, 1.54) is 0 Å². The molecule has 2 aromatic rings. The van der Waals surface area contributed by atoms with Crippen LogP contribution >= 0.6 is 0 Å². The van der Waals surface area contributed by atoms with Crippen molar-refractivity contribution < 1.29 is 0 Å². The van der Waals surface area contributed by atoms with Gasteiger partial charge in [-0.25, -0.2) is 15.0 Å². The van der Waals surface area contributed by atoms with Crippen molar-refractivity contribution in [2.45, 2.75) is 25.8 Å². The quantitative estimate of drug-likeness (QED) is 0.802. The summed E-state index contributed by atoms with van der Waals surface area (Å²) >= 11 is 0. The van der Waals surface area contributed by atoms with Gasteiger partial charge >= 0.3 is 0 Å². The Hall–Kier alpha value is -2.74. The summed E-state index contributed by atoms with van der Waals surface area (Å²) in [5.74, 6) is 1.60. The lowest BCUT2D eigenvalue weighted by molar-refractivity contribution is 0.918.